The fourth-order valence-electron chi connectivity index (χ4n) is 1.98. The van der Waals surface area contributed by atoms with Gasteiger partial charge in [0.2, 0.25) is 0 Å². The smallest absolute Gasteiger partial charge is 0.257 e. The molecule has 0 spiro atoms. The van der Waals surface area contributed by atoms with Crippen molar-refractivity contribution >= 4 is 17.3 Å². The van der Waals surface area contributed by atoms with Gasteiger partial charge in [-0.3, -0.25) is 4.79 Å². The third kappa shape index (κ3) is 3.25. The van der Waals surface area contributed by atoms with Crippen molar-refractivity contribution in [3.8, 4) is 11.5 Å². The number of methoxy groups -OCH3 is 2. The van der Waals surface area contributed by atoms with Crippen LogP contribution in [0.25, 0.3) is 0 Å². The molecule has 0 atom stereocenters. The molecule has 0 aromatic heterocycles. The quantitative estimate of drug-likeness (QED) is 0.848. The van der Waals surface area contributed by atoms with Crippen molar-refractivity contribution in [3.05, 3.63) is 47.5 Å². The molecular formula is C16H18N2O3. The minimum Gasteiger partial charge on any atom is -0.497 e. The number of carbonyl (C=O) groups excluding carboxylic acids is 1. The second-order valence-corrected chi connectivity index (χ2v) is 4.61. The number of rotatable bonds is 4. The number of nitrogen functional groups attached to an aromatic ring is 1. The lowest BCUT2D eigenvalue weighted by atomic mass is 10.1. The first-order valence-corrected chi connectivity index (χ1v) is 6.44. The molecule has 0 aliphatic heterocycles. The van der Waals surface area contributed by atoms with Gasteiger partial charge in [0, 0.05) is 11.8 Å². The standard InChI is InChI=1S/C16H18N2O3/c1-10-4-7-15(21-3)14(8-10)18-16(19)12-6-5-11(20-2)9-13(12)17/h4-9H,17H2,1-3H3,(H,18,19). The Balaban J connectivity index is 2.28. The normalized spacial score (nSPS) is 10.0. The molecule has 2 aromatic rings. The second-order valence-electron chi connectivity index (χ2n) is 4.61. The second kappa shape index (κ2) is 6.17. The van der Waals surface area contributed by atoms with E-state index in [9.17, 15) is 4.79 Å². The third-order valence-corrected chi connectivity index (χ3v) is 3.11. The Morgan fingerprint density at radius 1 is 1.10 bits per heavy atom. The molecule has 3 N–H and O–H groups in total. The van der Waals surface area contributed by atoms with Crippen molar-refractivity contribution < 1.29 is 14.3 Å². The molecule has 0 fully saturated rings. The Morgan fingerprint density at radius 2 is 1.86 bits per heavy atom. The Morgan fingerprint density at radius 3 is 2.48 bits per heavy atom. The number of benzene rings is 2. The molecule has 0 saturated carbocycles. The van der Waals surface area contributed by atoms with Crippen molar-refractivity contribution in [2.75, 3.05) is 25.3 Å². The number of hydrogen-bond acceptors (Lipinski definition) is 4. The third-order valence-electron chi connectivity index (χ3n) is 3.11. The highest BCUT2D eigenvalue weighted by atomic mass is 16.5. The topological polar surface area (TPSA) is 73.6 Å². The van der Waals surface area contributed by atoms with Crippen LogP contribution in [0.1, 0.15) is 15.9 Å². The molecule has 2 aromatic carbocycles. The van der Waals surface area contributed by atoms with Crippen LogP contribution in [0.15, 0.2) is 36.4 Å². The summed E-state index contributed by atoms with van der Waals surface area (Å²) in [5, 5.41) is 2.81. The van der Waals surface area contributed by atoms with Crippen molar-refractivity contribution in [3.63, 3.8) is 0 Å². The molecule has 0 bridgehead atoms. The number of ether oxygens (including phenoxy) is 2. The highest BCUT2D eigenvalue weighted by molar-refractivity contribution is 6.08. The summed E-state index contributed by atoms with van der Waals surface area (Å²) < 4.78 is 10.3. The zero-order chi connectivity index (χ0) is 15.4. The summed E-state index contributed by atoms with van der Waals surface area (Å²) >= 11 is 0. The summed E-state index contributed by atoms with van der Waals surface area (Å²) in [6.07, 6.45) is 0. The average molecular weight is 286 g/mol. The van der Waals surface area contributed by atoms with E-state index >= 15 is 0 Å². The maximum Gasteiger partial charge on any atom is 0.257 e. The van der Waals surface area contributed by atoms with Gasteiger partial charge in [0.15, 0.2) is 0 Å². The van der Waals surface area contributed by atoms with Crippen LogP contribution in [0, 0.1) is 6.92 Å². The van der Waals surface area contributed by atoms with Crippen molar-refractivity contribution in [2.45, 2.75) is 6.92 Å². The molecule has 0 unspecified atom stereocenters. The number of nitrogens with two attached hydrogens (primary N) is 1. The number of anilines is 2. The zero-order valence-electron chi connectivity index (χ0n) is 12.3. The van der Waals surface area contributed by atoms with Gasteiger partial charge in [0.1, 0.15) is 11.5 Å². The average Bonchev–Trinajstić information content (AvgIpc) is 2.47. The van der Waals surface area contributed by atoms with E-state index in [4.69, 9.17) is 15.2 Å². The van der Waals surface area contributed by atoms with E-state index in [1.807, 2.05) is 25.1 Å². The van der Waals surface area contributed by atoms with E-state index in [0.29, 0.717) is 28.4 Å². The summed E-state index contributed by atoms with van der Waals surface area (Å²) in [7, 11) is 3.11. The van der Waals surface area contributed by atoms with Crippen LogP contribution in [-0.2, 0) is 0 Å². The van der Waals surface area contributed by atoms with Gasteiger partial charge in [-0.05, 0) is 36.8 Å². The molecule has 0 radical (unpaired) electrons. The molecular weight excluding hydrogens is 268 g/mol. The van der Waals surface area contributed by atoms with Gasteiger partial charge in [-0.15, -0.1) is 0 Å². The van der Waals surface area contributed by atoms with Crippen LogP contribution < -0.4 is 20.5 Å². The van der Waals surface area contributed by atoms with Crippen molar-refractivity contribution in [1.82, 2.24) is 0 Å². The first kappa shape index (κ1) is 14.7. The molecule has 21 heavy (non-hydrogen) atoms. The van der Waals surface area contributed by atoms with Crippen LogP contribution in [0.2, 0.25) is 0 Å². The predicted molar refractivity (Wildman–Crippen MR) is 83.1 cm³/mol. The van der Waals surface area contributed by atoms with Gasteiger partial charge in [0.05, 0.1) is 25.5 Å². The molecule has 0 aliphatic carbocycles. The van der Waals surface area contributed by atoms with E-state index in [1.165, 1.54) is 0 Å². The Labute approximate surface area is 123 Å². The van der Waals surface area contributed by atoms with Crippen LogP contribution in [-0.4, -0.2) is 20.1 Å². The molecule has 5 heteroatoms. The molecule has 1 amide bonds. The monoisotopic (exact) mass is 286 g/mol. The van der Waals surface area contributed by atoms with E-state index < -0.39 is 0 Å². The predicted octanol–water partition coefficient (Wildman–Crippen LogP) is 2.85. The maximum atomic E-state index is 12.3. The Bertz CT molecular complexity index is 669. The van der Waals surface area contributed by atoms with E-state index in [1.54, 1.807) is 32.4 Å². The van der Waals surface area contributed by atoms with Crippen LogP contribution >= 0.6 is 0 Å². The fraction of sp³-hybridized carbons (Fsp3) is 0.188. The van der Waals surface area contributed by atoms with Gasteiger partial charge in [-0.25, -0.2) is 0 Å². The Hall–Kier alpha value is -2.69. The van der Waals surface area contributed by atoms with Gasteiger partial charge in [-0.1, -0.05) is 6.07 Å². The van der Waals surface area contributed by atoms with Crippen molar-refractivity contribution in [2.24, 2.45) is 0 Å². The summed E-state index contributed by atoms with van der Waals surface area (Å²) in [4.78, 5) is 12.3. The zero-order valence-corrected chi connectivity index (χ0v) is 12.3. The molecule has 5 nitrogen and oxygen atoms in total. The molecule has 0 aliphatic rings. The van der Waals surface area contributed by atoms with E-state index in [0.717, 1.165) is 5.56 Å². The lowest BCUT2D eigenvalue weighted by Crippen LogP contribution is -2.14. The molecule has 2 rings (SSSR count). The fourth-order valence-corrected chi connectivity index (χ4v) is 1.98. The van der Waals surface area contributed by atoms with E-state index in [2.05, 4.69) is 5.32 Å². The summed E-state index contributed by atoms with van der Waals surface area (Å²) in [6.45, 7) is 1.94. The summed E-state index contributed by atoms with van der Waals surface area (Å²) in [6, 6.07) is 10.5. The SMILES string of the molecule is COc1ccc(C(=O)Nc2cc(C)ccc2OC)c(N)c1. The number of carbonyl (C=O) groups is 1. The Kier molecular flexibility index (Phi) is 4.33. The van der Waals surface area contributed by atoms with Gasteiger partial charge >= 0.3 is 0 Å². The maximum absolute atomic E-state index is 12.3. The van der Waals surface area contributed by atoms with Crippen LogP contribution in [0.3, 0.4) is 0 Å². The molecule has 110 valence electrons. The van der Waals surface area contributed by atoms with Crippen LogP contribution in [0.5, 0.6) is 11.5 Å². The highest BCUT2D eigenvalue weighted by Gasteiger charge is 2.13. The minimum absolute atomic E-state index is 0.293. The lowest BCUT2D eigenvalue weighted by molar-refractivity contribution is 0.102. The summed E-state index contributed by atoms with van der Waals surface area (Å²) in [5.74, 6) is 0.914. The molecule has 0 heterocycles. The van der Waals surface area contributed by atoms with E-state index in [-0.39, 0.29) is 5.91 Å². The number of amides is 1. The summed E-state index contributed by atoms with van der Waals surface area (Å²) in [5.41, 5.74) is 8.26. The lowest BCUT2D eigenvalue weighted by Gasteiger charge is -2.12. The number of aryl methyl sites for hydroxylation is 1. The van der Waals surface area contributed by atoms with Crippen LogP contribution in [0.4, 0.5) is 11.4 Å². The van der Waals surface area contributed by atoms with Gasteiger partial charge < -0.3 is 20.5 Å². The largest absolute Gasteiger partial charge is 0.497 e. The minimum atomic E-state index is -0.293. The number of hydrogen-bond donors (Lipinski definition) is 2. The highest BCUT2D eigenvalue weighted by Crippen LogP contribution is 2.27. The molecule has 0 saturated heterocycles. The van der Waals surface area contributed by atoms with Gasteiger partial charge in [-0.2, -0.15) is 0 Å². The van der Waals surface area contributed by atoms with Gasteiger partial charge in [0.25, 0.3) is 5.91 Å². The first-order valence-electron chi connectivity index (χ1n) is 6.44. The number of nitrogens with one attached hydrogen (secondary N) is 1. The van der Waals surface area contributed by atoms with Crippen molar-refractivity contribution in [1.29, 1.82) is 0 Å². The first-order chi connectivity index (χ1) is 10.0.